The molecule has 112 valence electrons. The lowest BCUT2D eigenvalue weighted by Crippen LogP contribution is -2.46. The fourth-order valence-corrected chi connectivity index (χ4v) is 3.09. The number of nitrogens with zero attached hydrogens (tertiary/aromatic N) is 5. The lowest BCUT2D eigenvalue weighted by molar-refractivity contribution is 0.251. The molecule has 3 rings (SSSR count). The van der Waals surface area contributed by atoms with Crippen LogP contribution >= 0.6 is 11.3 Å². The monoisotopic (exact) mass is 306 g/mol. The fraction of sp³-hybridized carbons (Fsp3) is 0.462. The number of rotatable bonds is 4. The van der Waals surface area contributed by atoms with Gasteiger partial charge in [-0.2, -0.15) is 0 Å². The Labute approximate surface area is 127 Å². The van der Waals surface area contributed by atoms with E-state index in [1.165, 1.54) is 4.88 Å². The average molecular weight is 306 g/mol. The van der Waals surface area contributed by atoms with Gasteiger partial charge in [0, 0.05) is 49.9 Å². The topological polar surface area (TPSA) is 80.4 Å². The molecule has 0 bridgehead atoms. The molecule has 0 atom stereocenters. The SMILES string of the molecule is COc1cc(N2CCN(Cc3cnc(N)s3)CC2)ncn1. The molecule has 2 aromatic rings. The molecule has 1 fully saturated rings. The van der Waals surface area contributed by atoms with Gasteiger partial charge in [0.1, 0.15) is 12.1 Å². The Bertz CT molecular complexity index is 596. The zero-order valence-electron chi connectivity index (χ0n) is 11.9. The highest BCUT2D eigenvalue weighted by Gasteiger charge is 2.19. The number of hydrogen-bond acceptors (Lipinski definition) is 8. The third-order valence-electron chi connectivity index (χ3n) is 3.48. The van der Waals surface area contributed by atoms with Crippen LogP contribution in [0.1, 0.15) is 4.88 Å². The van der Waals surface area contributed by atoms with Crippen molar-refractivity contribution >= 4 is 22.3 Å². The smallest absolute Gasteiger partial charge is 0.218 e. The number of aromatic nitrogens is 3. The summed E-state index contributed by atoms with van der Waals surface area (Å²) in [7, 11) is 1.62. The highest BCUT2D eigenvalue weighted by atomic mass is 32.1. The van der Waals surface area contributed by atoms with Crippen molar-refractivity contribution in [2.24, 2.45) is 0 Å². The number of ether oxygens (including phenoxy) is 1. The van der Waals surface area contributed by atoms with Crippen LogP contribution in [0.3, 0.4) is 0 Å². The maximum Gasteiger partial charge on any atom is 0.218 e. The molecule has 0 aromatic carbocycles. The minimum absolute atomic E-state index is 0.600. The largest absolute Gasteiger partial charge is 0.481 e. The van der Waals surface area contributed by atoms with E-state index in [1.54, 1.807) is 24.8 Å². The van der Waals surface area contributed by atoms with Gasteiger partial charge >= 0.3 is 0 Å². The van der Waals surface area contributed by atoms with Gasteiger partial charge in [0.15, 0.2) is 5.13 Å². The molecule has 2 N–H and O–H groups in total. The Morgan fingerprint density at radius 1 is 1.24 bits per heavy atom. The minimum Gasteiger partial charge on any atom is -0.481 e. The van der Waals surface area contributed by atoms with Gasteiger partial charge in [-0.15, -0.1) is 11.3 Å². The summed E-state index contributed by atoms with van der Waals surface area (Å²) in [5, 5.41) is 0.636. The first-order valence-corrected chi connectivity index (χ1v) is 7.60. The molecule has 1 aliphatic rings. The summed E-state index contributed by atoms with van der Waals surface area (Å²) in [6, 6.07) is 1.87. The van der Waals surface area contributed by atoms with Crippen molar-refractivity contribution in [3.63, 3.8) is 0 Å². The molecule has 1 aliphatic heterocycles. The Balaban J connectivity index is 1.57. The van der Waals surface area contributed by atoms with E-state index in [9.17, 15) is 0 Å². The molecule has 0 saturated carbocycles. The second-order valence-corrected chi connectivity index (χ2v) is 5.99. The number of piperazine rings is 1. The van der Waals surface area contributed by atoms with E-state index >= 15 is 0 Å². The first kappa shape index (κ1) is 14.0. The lowest BCUT2D eigenvalue weighted by atomic mass is 10.3. The van der Waals surface area contributed by atoms with Gasteiger partial charge in [0.2, 0.25) is 5.88 Å². The predicted octanol–water partition coefficient (Wildman–Crippen LogP) is 0.846. The van der Waals surface area contributed by atoms with Gasteiger partial charge in [-0.3, -0.25) is 4.90 Å². The van der Waals surface area contributed by atoms with Gasteiger partial charge in [-0.25, -0.2) is 15.0 Å². The van der Waals surface area contributed by atoms with E-state index in [0.29, 0.717) is 11.0 Å². The summed E-state index contributed by atoms with van der Waals surface area (Å²) < 4.78 is 5.14. The lowest BCUT2D eigenvalue weighted by Gasteiger charge is -2.35. The molecule has 0 aliphatic carbocycles. The van der Waals surface area contributed by atoms with Crippen LogP contribution in [-0.4, -0.2) is 53.1 Å². The molecule has 3 heterocycles. The molecule has 7 nitrogen and oxygen atoms in total. The summed E-state index contributed by atoms with van der Waals surface area (Å²) in [4.78, 5) is 18.3. The highest BCUT2D eigenvalue weighted by Crippen LogP contribution is 2.20. The van der Waals surface area contributed by atoms with E-state index in [2.05, 4.69) is 24.8 Å². The first-order chi connectivity index (χ1) is 10.2. The number of nitrogen functional groups attached to an aromatic ring is 1. The molecular formula is C13H18N6OS. The van der Waals surface area contributed by atoms with Crippen molar-refractivity contribution in [3.05, 3.63) is 23.5 Å². The molecule has 0 spiro atoms. The number of hydrogen-bond donors (Lipinski definition) is 1. The quantitative estimate of drug-likeness (QED) is 0.896. The average Bonchev–Trinajstić information content (AvgIpc) is 2.93. The molecule has 0 amide bonds. The Hall–Kier alpha value is -1.93. The normalized spacial score (nSPS) is 16.1. The second-order valence-electron chi connectivity index (χ2n) is 4.85. The molecule has 8 heteroatoms. The molecule has 1 saturated heterocycles. The molecule has 2 aromatic heterocycles. The van der Waals surface area contributed by atoms with Crippen LogP contribution in [0, 0.1) is 0 Å². The predicted molar refractivity (Wildman–Crippen MR) is 82.6 cm³/mol. The maximum atomic E-state index is 5.66. The van der Waals surface area contributed by atoms with Crippen LogP contribution in [0.5, 0.6) is 5.88 Å². The van der Waals surface area contributed by atoms with E-state index in [0.717, 1.165) is 38.5 Å². The fourth-order valence-electron chi connectivity index (χ4n) is 2.37. The van der Waals surface area contributed by atoms with Crippen LogP contribution in [0.15, 0.2) is 18.6 Å². The molecule has 0 unspecified atom stereocenters. The van der Waals surface area contributed by atoms with E-state index in [-0.39, 0.29) is 0 Å². The molecule has 21 heavy (non-hydrogen) atoms. The summed E-state index contributed by atoms with van der Waals surface area (Å²) in [6.07, 6.45) is 3.41. The number of anilines is 2. The van der Waals surface area contributed by atoms with Gasteiger partial charge in [-0.1, -0.05) is 0 Å². The third-order valence-corrected chi connectivity index (χ3v) is 4.30. The summed E-state index contributed by atoms with van der Waals surface area (Å²) in [6.45, 7) is 4.77. The second kappa shape index (κ2) is 6.23. The van der Waals surface area contributed by atoms with Crippen molar-refractivity contribution in [3.8, 4) is 5.88 Å². The third kappa shape index (κ3) is 3.40. The number of nitrogens with two attached hydrogens (primary N) is 1. The summed E-state index contributed by atoms with van der Waals surface area (Å²) >= 11 is 1.56. The van der Waals surface area contributed by atoms with Gasteiger partial charge in [0.05, 0.1) is 7.11 Å². The molecule has 0 radical (unpaired) electrons. The van der Waals surface area contributed by atoms with Gasteiger partial charge < -0.3 is 15.4 Å². The van der Waals surface area contributed by atoms with Crippen molar-refractivity contribution < 1.29 is 4.74 Å². The van der Waals surface area contributed by atoms with Crippen molar-refractivity contribution in [1.82, 2.24) is 19.9 Å². The van der Waals surface area contributed by atoms with E-state index in [1.807, 2.05) is 12.3 Å². The number of thiazole rings is 1. The first-order valence-electron chi connectivity index (χ1n) is 6.78. The zero-order chi connectivity index (χ0) is 14.7. The van der Waals surface area contributed by atoms with Gasteiger partial charge in [-0.05, 0) is 0 Å². The van der Waals surface area contributed by atoms with E-state index in [4.69, 9.17) is 10.5 Å². The van der Waals surface area contributed by atoms with Crippen LogP contribution in [0.25, 0.3) is 0 Å². The van der Waals surface area contributed by atoms with Crippen LogP contribution < -0.4 is 15.4 Å². The van der Waals surface area contributed by atoms with Crippen LogP contribution in [0.2, 0.25) is 0 Å². The summed E-state index contributed by atoms with van der Waals surface area (Å²) in [5.74, 6) is 1.52. The zero-order valence-corrected chi connectivity index (χ0v) is 12.7. The van der Waals surface area contributed by atoms with Crippen LogP contribution in [0.4, 0.5) is 10.9 Å². The summed E-state index contributed by atoms with van der Waals surface area (Å²) in [5.41, 5.74) is 5.66. The van der Waals surface area contributed by atoms with Crippen molar-refractivity contribution in [2.45, 2.75) is 6.54 Å². The Morgan fingerprint density at radius 2 is 2.05 bits per heavy atom. The van der Waals surface area contributed by atoms with Gasteiger partial charge in [0.25, 0.3) is 0 Å². The maximum absolute atomic E-state index is 5.66. The van der Waals surface area contributed by atoms with Crippen molar-refractivity contribution in [1.29, 1.82) is 0 Å². The Morgan fingerprint density at radius 3 is 2.71 bits per heavy atom. The standard InChI is InChI=1S/C13H18N6OS/c1-20-12-6-11(16-9-17-12)19-4-2-18(3-5-19)8-10-7-15-13(14)21-10/h6-7,9H,2-5,8H2,1H3,(H2,14,15). The Kier molecular flexibility index (Phi) is 4.16. The minimum atomic E-state index is 0.600. The highest BCUT2D eigenvalue weighted by molar-refractivity contribution is 7.15. The van der Waals surface area contributed by atoms with Crippen molar-refractivity contribution in [2.75, 3.05) is 43.9 Å². The number of methoxy groups -OCH3 is 1. The molecular weight excluding hydrogens is 288 g/mol. The van der Waals surface area contributed by atoms with Crippen LogP contribution in [-0.2, 0) is 6.54 Å². The van der Waals surface area contributed by atoms with E-state index < -0.39 is 0 Å².